The number of rotatable bonds is 4. The number of benzene rings is 2. The van der Waals surface area contributed by atoms with Crippen LogP contribution >= 0.6 is 0 Å². The van der Waals surface area contributed by atoms with Crippen molar-refractivity contribution in [2.45, 2.75) is 19.8 Å². The SMILES string of the molecule is Cc1cc(F)ccc1C(=O)NCC(C)c1ccccc1. The quantitative estimate of drug-likeness (QED) is 0.903. The van der Waals surface area contributed by atoms with E-state index in [1.54, 1.807) is 6.92 Å². The van der Waals surface area contributed by atoms with E-state index in [1.165, 1.54) is 23.8 Å². The Kier molecular flexibility index (Phi) is 4.51. The molecule has 1 atom stereocenters. The van der Waals surface area contributed by atoms with Gasteiger partial charge in [-0.2, -0.15) is 0 Å². The molecule has 0 spiro atoms. The fraction of sp³-hybridized carbons (Fsp3) is 0.235. The molecule has 104 valence electrons. The first-order chi connectivity index (χ1) is 9.58. The Hall–Kier alpha value is -2.16. The van der Waals surface area contributed by atoms with Crippen LogP contribution in [0.4, 0.5) is 4.39 Å². The molecule has 0 saturated heterocycles. The van der Waals surface area contributed by atoms with Gasteiger partial charge >= 0.3 is 0 Å². The summed E-state index contributed by atoms with van der Waals surface area (Å²) in [7, 11) is 0. The standard InChI is InChI=1S/C17H18FNO/c1-12-10-15(18)8-9-16(12)17(20)19-11-13(2)14-6-4-3-5-7-14/h3-10,13H,11H2,1-2H3,(H,19,20). The smallest absolute Gasteiger partial charge is 0.251 e. The summed E-state index contributed by atoms with van der Waals surface area (Å²) in [5.74, 6) is -0.247. The highest BCUT2D eigenvalue weighted by atomic mass is 19.1. The molecule has 2 rings (SSSR count). The van der Waals surface area contributed by atoms with Crippen molar-refractivity contribution in [3.63, 3.8) is 0 Å². The lowest BCUT2D eigenvalue weighted by molar-refractivity contribution is 0.0951. The van der Waals surface area contributed by atoms with Gasteiger partial charge < -0.3 is 5.32 Å². The highest BCUT2D eigenvalue weighted by Gasteiger charge is 2.11. The topological polar surface area (TPSA) is 29.1 Å². The lowest BCUT2D eigenvalue weighted by Crippen LogP contribution is -2.28. The highest BCUT2D eigenvalue weighted by Crippen LogP contribution is 2.14. The van der Waals surface area contributed by atoms with Crippen molar-refractivity contribution in [1.82, 2.24) is 5.32 Å². The van der Waals surface area contributed by atoms with Gasteiger partial charge in [-0.05, 0) is 42.2 Å². The van der Waals surface area contributed by atoms with Gasteiger partial charge in [-0.1, -0.05) is 37.3 Å². The second kappa shape index (κ2) is 6.33. The van der Waals surface area contributed by atoms with E-state index in [0.29, 0.717) is 17.7 Å². The zero-order valence-corrected chi connectivity index (χ0v) is 11.7. The number of hydrogen-bond donors (Lipinski definition) is 1. The number of aryl methyl sites for hydroxylation is 1. The fourth-order valence-electron chi connectivity index (χ4n) is 2.12. The molecule has 0 radical (unpaired) electrons. The first kappa shape index (κ1) is 14.3. The van der Waals surface area contributed by atoms with Crippen molar-refractivity contribution >= 4 is 5.91 Å². The van der Waals surface area contributed by atoms with Gasteiger partial charge in [-0.3, -0.25) is 4.79 Å². The summed E-state index contributed by atoms with van der Waals surface area (Å²) in [5.41, 5.74) is 2.35. The zero-order valence-electron chi connectivity index (χ0n) is 11.7. The van der Waals surface area contributed by atoms with Crippen molar-refractivity contribution < 1.29 is 9.18 Å². The molecule has 0 fully saturated rings. The third kappa shape index (κ3) is 3.44. The molecule has 0 saturated carbocycles. The molecule has 3 heteroatoms. The predicted octanol–water partition coefficient (Wildman–Crippen LogP) is 3.67. The third-order valence-electron chi connectivity index (χ3n) is 3.37. The molecule has 0 bridgehead atoms. The van der Waals surface area contributed by atoms with Crippen LogP contribution in [0.1, 0.15) is 34.3 Å². The maximum atomic E-state index is 13.0. The predicted molar refractivity (Wildman–Crippen MR) is 78.3 cm³/mol. The molecule has 1 amide bonds. The lowest BCUT2D eigenvalue weighted by Gasteiger charge is -2.14. The van der Waals surface area contributed by atoms with Crippen LogP contribution in [0.5, 0.6) is 0 Å². The van der Waals surface area contributed by atoms with E-state index in [1.807, 2.05) is 30.3 Å². The molecule has 0 aromatic heterocycles. The van der Waals surface area contributed by atoms with Gasteiger partial charge in [0.2, 0.25) is 0 Å². The number of amides is 1. The van der Waals surface area contributed by atoms with E-state index in [-0.39, 0.29) is 17.6 Å². The average molecular weight is 271 g/mol. The van der Waals surface area contributed by atoms with E-state index >= 15 is 0 Å². The Labute approximate surface area is 118 Å². The molecule has 2 nitrogen and oxygen atoms in total. The largest absolute Gasteiger partial charge is 0.351 e. The summed E-state index contributed by atoms with van der Waals surface area (Å²) in [6.07, 6.45) is 0. The molecule has 1 N–H and O–H groups in total. The van der Waals surface area contributed by atoms with Crippen LogP contribution < -0.4 is 5.32 Å². The normalized spacial score (nSPS) is 11.9. The number of carbonyl (C=O) groups excluding carboxylic acids is 1. The molecule has 1 unspecified atom stereocenters. The summed E-state index contributed by atoms with van der Waals surface area (Å²) in [6, 6.07) is 14.2. The summed E-state index contributed by atoms with van der Waals surface area (Å²) in [4.78, 5) is 12.1. The van der Waals surface area contributed by atoms with Gasteiger partial charge in [0.25, 0.3) is 5.91 Å². The third-order valence-corrected chi connectivity index (χ3v) is 3.37. The molecule has 2 aromatic carbocycles. The van der Waals surface area contributed by atoms with Crippen molar-refractivity contribution in [3.8, 4) is 0 Å². The molecular weight excluding hydrogens is 253 g/mol. The van der Waals surface area contributed by atoms with E-state index in [0.717, 1.165) is 0 Å². The molecule has 2 aromatic rings. The summed E-state index contributed by atoms with van der Waals surface area (Å²) in [5, 5.41) is 2.90. The maximum absolute atomic E-state index is 13.0. The minimum atomic E-state index is -0.322. The first-order valence-corrected chi connectivity index (χ1v) is 6.67. The molecule has 0 heterocycles. The van der Waals surface area contributed by atoms with Gasteiger partial charge in [0.15, 0.2) is 0 Å². The summed E-state index contributed by atoms with van der Waals surface area (Å²) < 4.78 is 13.0. The van der Waals surface area contributed by atoms with Crippen molar-refractivity contribution in [2.75, 3.05) is 6.54 Å². The van der Waals surface area contributed by atoms with Crippen LogP contribution in [0.25, 0.3) is 0 Å². The van der Waals surface area contributed by atoms with E-state index in [2.05, 4.69) is 12.2 Å². The van der Waals surface area contributed by atoms with E-state index < -0.39 is 0 Å². The number of nitrogens with one attached hydrogen (secondary N) is 1. The monoisotopic (exact) mass is 271 g/mol. The Morgan fingerprint density at radius 1 is 1.20 bits per heavy atom. The van der Waals surface area contributed by atoms with Crippen LogP contribution in [-0.4, -0.2) is 12.5 Å². The average Bonchev–Trinajstić information content (AvgIpc) is 2.45. The second-order valence-corrected chi connectivity index (χ2v) is 4.98. The molecular formula is C17H18FNO. The van der Waals surface area contributed by atoms with Crippen LogP contribution in [0.3, 0.4) is 0 Å². The zero-order chi connectivity index (χ0) is 14.5. The van der Waals surface area contributed by atoms with Gasteiger partial charge in [0.05, 0.1) is 0 Å². The van der Waals surface area contributed by atoms with Crippen LogP contribution in [0.15, 0.2) is 48.5 Å². The second-order valence-electron chi connectivity index (χ2n) is 4.98. The number of hydrogen-bond acceptors (Lipinski definition) is 1. The fourth-order valence-corrected chi connectivity index (χ4v) is 2.12. The Balaban J connectivity index is 1.99. The molecule has 20 heavy (non-hydrogen) atoms. The van der Waals surface area contributed by atoms with Crippen LogP contribution in [-0.2, 0) is 0 Å². The van der Waals surface area contributed by atoms with Gasteiger partial charge in [-0.15, -0.1) is 0 Å². The Morgan fingerprint density at radius 2 is 1.90 bits per heavy atom. The first-order valence-electron chi connectivity index (χ1n) is 6.67. The van der Waals surface area contributed by atoms with E-state index in [4.69, 9.17) is 0 Å². The van der Waals surface area contributed by atoms with Gasteiger partial charge in [0, 0.05) is 12.1 Å². The number of carbonyl (C=O) groups is 1. The Morgan fingerprint density at radius 3 is 2.55 bits per heavy atom. The van der Waals surface area contributed by atoms with Crippen LogP contribution in [0.2, 0.25) is 0 Å². The molecule has 0 aliphatic rings. The van der Waals surface area contributed by atoms with E-state index in [9.17, 15) is 9.18 Å². The van der Waals surface area contributed by atoms with Crippen molar-refractivity contribution in [2.24, 2.45) is 0 Å². The maximum Gasteiger partial charge on any atom is 0.251 e. The Bertz CT molecular complexity index is 595. The highest BCUT2D eigenvalue weighted by molar-refractivity contribution is 5.95. The van der Waals surface area contributed by atoms with Crippen molar-refractivity contribution in [3.05, 3.63) is 71.0 Å². The molecule has 0 aliphatic heterocycles. The summed E-state index contributed by atoms with van der Waals surface area (Å²) >= 11 is 0. The number of halogens is 1. The lowest BCUT2D eigenvalue weighted by atomic mass is 10.0. The minimum Gasteiger partial charge on any atom is -0.351 e. The summed E-state index contributed by atoms with van der Waals surface area (Å²) in [6.45, 7) is 4.35. The van der Waals surface area contributed by atoms with Crippen LogP contribution in [0, 0.1) is 12.7 Å². The minimum absolute atomic E-state index is 0.162. The van der Waals surface area contributed by atoms with Gasteiger partial charge in [-0.25, -0.2) is 4.39 Å². The van der Waals surface area contributed by atoms with Crippen molar-refractivity contribution in [1.29, 1.82) is 0 Å². The van der Waals surface area contributed by atoms with Gasteiger partial charge in [0.1, 0.15) is 5.82 Å². The molecule has 0 aliphatic carbocycles.